The highest BCUT2D eigenvalue weighted by molar-refractivity contribution is 5.98. The lowest BCUT2D eigenvalue weighted by molar-refractivity contribution is -0.133. The first kappa shape index (κ1) is 16.8. The number of aryl methyl sites for hydroxylation is 1. The van der Waals surface area contributed by atoms with Crippen molar-refractivity contribution in [3.8, 4) is 17.2 Å². The summed E-state index contributed by atoms with van der Waals surface area (Å²) in [5, 5.41) is 1.37. The van der Waals surface area contributed by atoms with Gasteiger partial charge in [0.15, 0.2) is 11.5 Å². The quantitative estimate of drug-likeness (QED) is 0.622. The zero-order valence-corrected chi connectivity index (χ0v) is 13.8. The Hall–Kier alpha value is -2.56. The van der Waals surface area contributed by atoms with E-state index in [1.54, 1.807) is 6.07 Å². The van der Waals surface area contributed by atoms with Crippen LogP contribution in [0.15, 0.2) is 24.3 Å². The third-order valence-electron chi connectivity index (χ3n) is 3.34. The second-order valence-corrected chi connectivity index (χ2v) is 5.22. The molecule has 0 heterocycles. The number of fused-ring (bicyclic) bond motifs is 1. The molecule has 0 N–H and O–H groups in total. The van der Waals surface area contributed by atoms with Crippen LogP contribution in [0, 0.1) is 0 Å². The number of carbonyl (C=O) groups is 2. The molecular weight excluding hydrogens is 296 g/mol. The van der Waals surface area contributed by atoms with Gasteiger partial charge in [-0.1, -0.05) is 25.5 Å². The maximum Gasteiger partial charge on any atom is 0.308 e. The Morgan fingerprint density at radius 2 is 1.65 bits per heavy atom. The first-order valence-electron chi connectivity index (χ1n) is 7.46. The first-order chi connectivity index (χ1) is 11.0. The van der Waals surface area contributed by atoms with Gasteiger partial charge in [0.25, 0.3) is 0 Å². The van der Waals surface area contributed by atoms with Crippen molar-refractivity contribution >= 4 is 22.7 Å². The second kappa shape index (κ2) is 7.13. The minimum Gasteiger partial charge on any atom is -0.493 e. The largest absolute Gasteiger partial charge is 0.493 e. The average molecular weight is 316 g/mol. The molecule has 2 rings (SSSR count). The van der Waals surface area contributed by atoms with Gasteiger partial charge in [-0.2, -0.15) is 0 Å². The van der Waals surface area contributed by atoms with E-state index in [-0.39, 0.29) is 0 Å². The molecule has 0 amide bonds. The van der Waals surface area contributed by atoms with Crippen molar-refractivity contribution in [2.75, 3.05) is 7.11 Å². The van der Waals surface area contributed by atoms with E-state index in [0.29, 0.717) is 28.0 Å². The maximum atomic E-state index is 11.4. The van der Waals surface area contributed by atoms with E-state index in [1.807, 2.05) is 18.2 Å². The molecule has 0 bridgehead atoms. The Bertz CT molecular complexity index is 749. The monoisotopic (exact) mass is 316 g/mol. The Kier molecular flexibility index (Phi) is 5.21. The smallest absolute Gasteiger partial charge is 0.308 e. The molecule has 0 spiro atoms. The molecule has 0 aromatic heterocycles. The van der Waals surface area contributed by atoms with Crippen molar-refractivity contribution in [3.05, 3.63) is 29.8 Å². The van der Waals surface area contributed by atoms with Gasteiger partial charge in [0.2, 0.25) is 0 Å². The van der Waals surface area contributed by atoms with Crippen molar-refractivity contribution in [1.82, 2.24) is 0 Å². The zero-order valence-electron chi connectivity index (χ0n) is 13.8. The van der Waals surface area contributed by atoms with E-state index in [1.165, 1.54) is 21.0 Å². The van der Waals surface area contributed by atoms with Crippen LogP contribution in [0.3, 0.4) is 0 Å². The number of carbonyl (C=O) groups excluding carboxylic acids is 2. The normalized spacial score (nSPS) is 10.4. The van der Waals surface area contributed by atoms with Gasteiger partial charge in [-0.3, -0.25) is 9.59 Å². The SMILES string of the molecule is CCCc1ccc2c(OC(C)=O)c(OC)cc(OC(C)=O)c2c1. The lowest BCUT2D eigenvalue weighted by Gasteiger charge is -2.15. The lowest BCUT2D eigenvalue weighted by atomic mass is 10.0. The standard InChI is InChI=1S/C18H20O5/c1-5-6-13-7-8-14-15(9-13)16(22-11(2)19)10-17(21-4)18(14)23-12(3)20/h7-10H,5-6H2,1-4H3. The molecule has 122 valence electrons. The zero-order chi connectivity index (χ0) is 17.0. The fourth-order valence-corrected chi connectivity index (χ4v) is 2.47. The van der Waals surface area contributed by atoms with E-state index in [9.17, 15) is 9.59 Å². The summed E-state index contributed by atoms with van der Waals surface area (Å²) in [5.74, 6) is 0.191. The van der Waals surface area contributed by atoms with Crippen LogP contribution >= 0.6 is 0 Å². The Morgan fingerprint density at radius 1 is 0.957 bits per heavy atom. The highest BCUT2D eigenvalue weighted by Gasteiger charge is 2.18. The van der Waals surface area contributed by atoms with E-state index in [2.05, 4.69) is 6.92 Å². The molecule has 0 fully saturated rings. The molecule has 0 aliphatic heterocycles. The van der Waals surface area contributed by atoms with Crippen LogP contribution in [-0.2, 0) is 16.0 Å². The summed E-state index contributed by atoms with van der Waals surface area (Å²) < 4.78 is 15.9. The van der Waals surface area contributed by atoms with Gasteiger partial charge in [0, 0.05) is 30.7 Å². The first-order valence-corrected chi connectivity index (χ1v) is 7.46. The van der Waals surface area contributed by atoms with Crippen molar-refractivity contribution in [2.24, 2.45) is 0 Å². The third-order valence-corrected chi connectivity index (χ3v) is 3.34. The van der Waals surface area contributed by atoms with Gasteiger partial charge in [0.1, 0.15) is 5.75 Å². The summed E-state index contributed by atoms with van der Waals surface area (Å²) in [6, 6.07) is 7.34. The van der Waals surface area contributed by atoms with Crippen LogP contribution in [0.2, 0.25) is 0 Å². The van der Waals surface area contributed by atoms with Crippen LogP contribution in [0.25, 0.3) is 10.8 Å². The number of rotatable bonds is 5. The fraction of sp³-hybridized carbons (Fsp3) is 0.333. The molecule has 5 nitrogen and oxygen atoms in total. The fourth-order valence-electron chi connectivity index (χ4n) is 2.47. The molecule has 0 saturated carbocycles. The maximum absolute atomic E-state index is 11.4. The van der Waals surface area contributed by atoms with E-state index < -0.39 is 11.9 Å². The average Bonchev–Trinajstić information content (AvgIpc) is 2.49. The highest BCUT2D eigenvalue weighted by Crippen LogP contribution is 2.42. The summed E-state index contributed by atoms with van der Waals surface area (Å²) in [6.45, 7) is 4.76. The number of hydrogen-bond donors (Lipinski definition) is 0. The van der Waals surface area contributed by atoms with Gasteiger partial charge in [0.05, 0.1) is 7.11 Å². The third kappa shape index (κ3) is 3.80. The number of hydrogen-bond acceptors (Lipinski definition) is 5. The molecule has 2 aromatic carbocycles. The Morgan fingerprint density at radius 3 is 2.22 bits per heavy atom. The van der Waals surface area contributed by atoms with Gasteiger partial charge in [-0.25, -0.2) is 0 Å². The van der Waals surface area contributed by atoms with Gasteiger partial charge in [-0.05, 0) is 18.1 Å². The van der Waals surface area contributed by atoms with Crippen molar-refractivity contribution in [1.29, 1.82) is 0 Å². The van der Waals surface area contributed by atoms with Crippen molar-refractivity contribution in [2.45, 2.75) is 33.6 Å². The van der Waals surface area contributed by atoms with Crippen LogP contribution in [0.5, 0.6) is 17.2 Å². The van der Waals surface area contributed by atoms with Crippen LogP contribution in [0.1, 0.15) is 32.8 Å². The molecule has 0 radical (unpaired) electrons. The molecule has 0 aliphatic rings. The second-order valence-electron chi connectivity index (χ2n) is 5.22. The van der Waals surface area contributed by atoms with Crippen LogP contribution in [-0.4, -0.2) is 19.0 Å². The minimum atomic E-state index is -0.442. The summed E-state index contributed by atoms with van der Waals surface area (Å²) in [6.07, 6.45) is 1.91. The minimum absolute atomic E-state index is 0.328. The Balaban J connectivity index is 2.73. The number of benzene rings is 2. The summed E-state index contributed by atoms with van der Waals surface area (Å²) in [7, 11) is 1.47. The molecule has 0 saturated heterocycles. The summed E-state index contributed by atoms with van der Waals surface area (Å²) in [4.78, 5) is 22.8. The van der Waals surface area contributed by atoms with Gasteiger partial charge >= 0.3 is 11.9 Å². The van der Waals surface area contributed by atoms with E-state index >= 15 is 0 Å². The van der Waals surface area contributed by atoms with Crippen molar-refractivity contribution < 1.29 is 23.8 Å². The molecule has 0 aliphatic carbocycles. The lowest BCUT2D eigenvalue weighted by Crippen LogP contribution is -2.06. The summed E-state index contributed by atoms with van der Waals surface area (Å²) in [5.41, 5.74) is 1.12. The van der Waals surface area contributed by atoms with E-state index in [0.717, 1.165) is 18.4 Å². The van der Waals surface area contributed by atoms with Crippen LogP contribution in [0.4, 0.5) is 0 Å². The van der Waals surface area contributed by atoms with E-state index in [4.69, 9.17) is 14.2 Å². The van der Waals surface area contributed by atoms with Crippen molar-refractivity contribution in [3.63, 3.8) is 0 Å². The number of ether oxygens (including phenoxy) is 3. The predicted molar refractivity (Wildman–Crippen MR) is 87.1 cm³/mol. The number of methoxy groups -OCH3 is 1. The van der Waals surface area contributed by atoms with Gasteiger partial charge in [-0.15, -0.1) is 0 Å². The molecule has 5 heteroatoms. The van der Waals surface area contributed by atoms with Gasteiger partial charge < -0.3 is 14.2 Å². The summed E-state index contributed by atoms with van der Waals surface area (Å²) >= 11 is 0. The molecule has 0 unspecified atom stereocenters. The predicted octanol–water partition coefficient (Wildman–Crippen LogP) is 3.65. The highest BCUT2D eigenvalue weighted by atomic mass is 16.6. The van der Waals surface area contributed by atoms with Crippen LogP contribution < -0.4 is 14.2 Å². The topological polar surface area (TPSA) is 61.8 Å². The Labute approximate surface area is 135 Å². The molecule has 2 aromatic rings. The molecule has 0 atom stereocenters. The molecular formula is C18H20O5. The molecule has 23 heavy (non-hydrogen) atoms. The number of esters is 2.